The lowest BCUT2D eigenvalue weighted by atomic mass is 10.2. The van der Waals surface area contributed by atoms with E-state index in [1.165, 1.54) is 17.0 Å². The molecule has 1 atom stereocenters. The molecule has 0 spiro atoms. The SMILES string of the molecule is CSCC(C)N(C)C(=O)Nc1ccc(C(=O)O)cc1F. The smallest absolute Gasteiger partial charge is 0.335 e. The lowest BCUT2D eigenvalue weighted by molar-refractivity contribution is 0.0696. The van der Waals surface area contributed by atoms with Gasteiger partial charge in [-0.05, 0) is 31.4 Å². The van der Waals surface area contributed by atoms with Crippen LogP contribution in [-0.2, 0) is 0 Å². The summed E-state index contributed by atoms with van der Waals surface area (Å²) in [5.74, 6) is -1.22. The van der Waals surface area contributed by atoms with Gasteiger partial charge in [0.1, 0.15) is 5.82 Å². The lowest BCUT2D eigenvalue weighted by Gasteiger charge is -2.24. The minimum absolute atomic E-state index is 0.00588. The molecule has 0 fully saturated rings. The molecular formula is C13H17FN2O3S. The van der Waals surface area contributed by atoms with Crippen LogP contribution in [0.4, 0.5) is 14.9 Å². The van der Waals surface area contributed by atoms with E-state index >= 15 is 0 Å². The molecule has 0 aliphatic carbocycles. The molecule has 1 aromatic rings. The van der Waals surface area contributed by atoms with Crippen molar-refractivity contribution in [3.8, 4) is 0 Å². The second-order valence-corrected chi connectivity index (χ2v) is 5.26. The van der Waals surface area contributed by atoms with Gasteiger partial charge in [0.25, 0.3) is 0 Å². The summed E-state index contributed by atoms with van der Waals surface area (Å²) in [7, 11) is 1.62. The zero-order valence-corrected chi connectivity index (χ0v) is 12.3. The number of benzene rings is 1. The first-order valence-electron chi connectivity index (χ1n) is 5.92. The number of carbonyl (C=O) groups is 2. The molecule has 0 radical (unpaired) electrons. The van der Waals surface area contributed by atoms with Crippen LogP contribution in [0.2, 0.25) is 0 Å². The van der Waals surface area contributed by atoms with E-state index in [1.54, 1.807) is 18.8 Å². The Morgan fingerprint density at radius 2 is 2.15 bits per heavy atom. The molecule has 0 heterocycles. The third kappa shape index (κ3) is 4.12. The number of carboxylic acid groups (broad SMARTS) is 1. The number of nitrogens with one attached hydrogen (secondary N) is 1. The number of anilines is 1. The van der Waals surface area contributed by atoms with Gasteiger partial charge in [0.15, 0.2) is 0 Å². The zero-order valence-electron chi connectivity index (χ0n) is 11.5. The molecule has 2 N–H and O–H groups in total. The molecule has 0 aromatic heterocycles. The van der Waals surface area contributed by atoms with Crippen molar-refractivity contribution >= 4 is 29.4 Å². The van der Waals surface area contributed by atoms with E-state index in [9.17, 15) is 14.0 Å². The summed E-state index contributed by atoms with van der Waals surface area (Å²) in [6.45, 7) is 1.89. The molecule has 5 nitrogen and oxygen atoms in total. The number of halogens is 1. The second kappa shape index (κ2) is 7.14. The highest BCUT2D eigenvalue weighted by molar-refractivity contribution is 7.98. The number of thioether (sulfide) groups is 1. The minimum Gasteiger partial charge on any atom is -0.478 e. The minimum atomic E-state index is -1.22. The largest absolute Gasteiger partial charge is 0.478 e. The molecule has 0 saturated carbocycles. The van der Waals surface area contributed by atoms with Crippen molar-refractivity contribution in [3.05, 3.63) is 29.6 Å². The number of aromatic carboxylic acids is 1. The van der Waals surface area contributed by atoms with Crippen molar-refractivity contribution in [2.75, 3.05) is 24.4 Å². The van der Waals surface area contributed by atoms with Gasteiger partial charge < -0.3 is 15.3 Å². The number of rotatable bonds is 5. The summed E-state index contributed by atoms with van der Waals surface area (Å²) in [5.41, 5.74) is -0.201. The van der Waals surface area contributed by atoms with Crippen LogP contribution in [0, 0.1) is 5.82 Å². The van der Waals surface area contributed by atoms with Gasteiger partial charge in [0, 0.05) is 18.8 Å². The average Bonchev–Trinajstić information content (AvgIpc) is 2.40. The maximum atomic E-state index is 13.7. The summed E-state index contributed by atoms with van der Waals surface area (Å²) in [5, 5.41) is 11.2. The van der Waals surface area contributed by atoms with Crippen molar-refractivity contribution in [1.29, 1.82) is 0 Å². The van der Waals surface area contributed by atoms with E-state index in [0.29, 0.717) is 0 Å². The molecule has 0 saturated heterocycles. The molecular weight excluding hydrogens is 283 g/mol. The lowest BCUT2D eigenvalue weighted by Crippen LogP contribution is -2.39. The van der Waals surface area contributed by atoms with Crippen LogP contribution in [0.5, 0.6) is 0 Å². The molecule has 0 aliphatic rings. The molecule has 1 rings (SSSR count). The van der Waals surface area contributed by atoms with Crippen molar-refractivity contribution in [2.24, 2.45) is 0 Å². The molecule has 0 bridgehead atoms. The average molecular weight is 300 g/mol. The van der Waals surface area contributed by atoms with Gasteiger partial charge in [-0.2, -0.15) is 11.8 Å². The number of nitrogens with zero attached hydrogens (tertiary/aromatic N) is 1. The van der Waals surface area contributed by atoms with Crippen LogP contribution >= 0.6 is 11.8 Å². The molecule has 1 unspecified atom stereocenters. The molecule has 2 amide bonds. The van der Waals surface area contributed by atoms with E-state index in [1.807, 2.05) is 13.2 Å². The van der Waals surface area contributed by atoms with E-state index < -0.39 is 17.8 Å². The van der Waals surface area contributed by atoms with Gasteiger partial charge in [0.2, 0.25) is 0 Å². The first kappa shape index (κ1) is 16.3. The summed E-state index contributed by atoms with van der Waals surface area (Å²) in [6, 6.07) is 2.93. The monoisotopic (exact) mass is 300 g/mol. The van der Waals surface area contributed by atoms with Crippen molar-refractivity contribution in [3.63, 3.8) is 0 Å². The Balaban J connectivity index is 2.78. The molecule has 7 heteroatoms. The van der Waals surface area contributed by atoms with Crippen molar-refractivity contribution < 1.29 is 19.1 Å². The Bertz CT molecular complexity index is 510. The van der Waals surface area contributed by atoms with E-state index in [0.717, 1.165) is 11.8 Å². The Morgan fingerprint density at radius 1 is 1.50 bits per heavy atom. The van der Waals surface area contributed by atoms with Crippen molar-refractivity contribution in [1.82, 2.24) is 4.90 Å². The highest BCUT2D eigenvalue weighted by atomic mass is 32.2. The van der Waals surface area contributed by atoms with E-state index in [-0.39, 0.29) is 17.3 Å². The molecule has 0 aliphatic heterocycles. The topological polar surface area (TPSA) is 69.6 Å². The Labute approximate surface area is 121 Å². The highest BCUT2D eigenvalue weighted by Gasteiger charge is 2.17. The van der Waals surface area contributed by atoms with Gasteiger partial charge >= 0.3 is 12.0 Å². The fraction of sp³-hybridized carbons (Fsp3) is 0.385. The predicted molar refractivity (Wildman–Crippen MR) is 78.0 cm³/mol. The number of amides is 2. The zero-order chi connectivity index (χ0) is 15.3. The molecule has 1 aromatic carbocycles. The summed E-state index contributed by atoms with van der Waals surface area (Å²) >= 11 is 1.61. The summed E-state index contributed by atoms with van der Waals surface area (Å²) in [4.78, 5) is 24.1. The van der Waals surface area contributed by atoms with E-state index in [4.69, 9.17) is 5.11 Å². The fourth-order valence-electron chi connectivity index (χ4n) is 1.51. The first-order chi connectivity index (χ1) is 9.36. The number of urea groups is 1. The fourth-order valence-corrected chi connectivity index (χ4v) is 2.21. The highest BCUT2D eigenvalue weighted by Crippen LogP contribution is 2.17. The van der Waals surface area contributed by atoms with Crippen LogP contribution in [0.15, 0.2) is 18.2 Å². The number of hydrogen-bond acceptors (Lipinski definition) is 3. The van der Waals surface area contributed by atoms with Gasteiger partial charge in [-0.15, -0.1) is 0 Å². The number of hydrogen-bond donors (Lipinski definition) is 2. The van der Waals surface area contributed by atoms with E-state index in [2.05, 4.69) is 5.32 Å². The van der Waals surface area contributed by atoms with Gasteiger partial charge in [0.05, 0.1) is 11.3 Å². The van der Waals surface area contributed by atoms with Gasteiger partial charge in [-0.1, -0.05) is 0 Å². The summed E-state index contributed by atoms with van der Waals surface area (Å²) < 4.78 is 13.7. The number of carboxylic acids is 1. The number of carbonyl (C=O) groups excluding carboxylic acids is 1. The first-order valence-corrected chi connectivity index (χ1v) is 7.31. The second-order valence-electron chi connectivity index (χ2n) is 4.35. The summed E-state index contributed by atoms with van der Waals surface area (Å²) in [6.07, 6.45) is 1.94. The Hall–Kier alpha value is -1.76. The maximum Gasteiger partial charge on any atom is 0.335 e. The van der Waals surface area contributed by atoms with Crippen LogP contribution in [-0.4, -0.2) is 47.1 Å². The predicted octanol–water partition coefficient (Wildman–Crippen LogP) is 2.74. The maximum absolute atomic E-state index is 13.7. The Morgan fingerprint density at radius 3 is 2.65 bits per heavy atom. The van der Waals surface area contributed by atoms with Crippen LogP contribution in [0.3, 0.4) is 0 Å². The van der Waals surface area contributed by atoms with Gasteiger partial charge in [-0.25, -0.2) is 14.0 Å². The van der Waals surface area contributed by atoms with Gasteiger partial charge in [-0.3, -0.25) is 0 Å². The van der Waals surface area contributed by atoms with Crippen LogP contribution in [0.1, 0.15) is 17.3 Å². The van der Waals surface area contributed by atoms with Crippen LogP contribution < -0.4 is 5.32 Å². The standard InChI is InChI=1S/C13H17FN2O3S/c1-8(7-20-3)16(2)13(19)15-11-5-4-9(12(17)18)6-10(11)14/h4-6,8H,7H2,1-3H3,(H,15,19)(H,17,18). The quantitative estimate of drug-likeness (QED) is 0.877. The third-order valence-electron chi connectivity index (χ3n) is 2.85. The third-order valence-corrected chi connectivity index (χ3v) is 3.66. The molecule has 110 valence electrons. The normalized spacial score (nSPS) is 11.8. The Kier molecular flexibility index (Phi) is 5.82. The van der Waals surface area contributed by atoms with Crippen LogP contribution in [0.25, 0.3) is 0 Å². The van der Waals surface area contributed by atoms with Crippen molar-refractivity contribution in [2.45, 2.75) is 13.0 Å². The molecule has 20 heavy (non-hydrogen) atoms.